The highest BCUT2D eigenvalue weighted by atomic mass is 16.6. The number of hydrogen-bond acceptors (Lipinski definition) is 8. The maximum absolute atomic E-state index is 11.8. The van der Waals surface area contributed by atoms with E-state index in [4.69, 9.17) is 15.2 Å². The molecule has 0 amide bonds. The van der Waals surface area contributed by atoms with Crippen LogP contribution in [0.2, 0.25) is 0 Å². The van der Waals surface area contributed by atoms with Crippen LogP contribution in [0.1, 0.15) is 6.23 Å². The third kappa shape index (κ3) is 2.72. The highest BCUT2D eigenvalue weighted by Crippen LogP contribution is 2.31. The molecular formula is C13H17N5O5. The summed E-state index contributed by atoms with van der Waals surface area (Å²) in [6, 6.07) is 0. The first-order valence-corrected chi connectivity index (χ1v) is 6.95. The van der Waals surface area contributed by atoms with Crippen LogP contribution in [0, 0.1) is 0 Å². The van der Waals surface area contributed by atoms with Crippen molar-refractivity contribution >= 4 is 17.1 Å². The largest absolute Gasteiger partial charge is 0.387 e. The summed E-state index contributed by atoms with van der Waals surface area (Å²) in [6.45, 7) is 3.91. The molecule has 2 aromatic rings. The summed E-state index contributed by atoms with van der Waals surface area (Å²) in [5.74, 6) is -0.0804. The van der Waals surface area contributed by atoms with Gasteiger partial charge in [0, 0.05) is 0 Å². The van der Waals surface area contributed by atoms with Gasteiger partial charge in [-0.2, -0.15) is 4.98 Å². The second kappa shape index (κ2) is 6.08. The van der Waals surface area contributed by atoms with Crippen molar-refractivity contribution in [3.63, 3.8) is 0 Å². The monoisotopic (exact) mass is 323 g/mol. The van der Waals surface area contributed by atoms with E-state index in [1.165, 1.54) is 10.9 Å². The van der Waals surface area contributed by atoms with Crippen LogP contribution in [0.25, 0.3) is 11.2 Å². The van der Waals surface area contributed by atoms with Crippen molar-refractivity contribution in [3.8, 4) is 0 Å². The Bertz CT molecular complexity index is 772. The number of aromatic amines is 1. The van der Waals surface area contributed by atoms with Gasteiger partial charge in [-0.3, -0.25) is 14.3 Å². The molecule has 1 saturated heterocycles. The van der Waals surface area contributed by atoms with E-state index < -0.39 is 30.1 Å². The number of nitrogens with one attached hydrogen (secondary N) is 1. The van der Waals surface area contributed by atoms with Crippen molar-refractivity contribution in [1.29, 1.82) is 0 Å². The lowest BCUT2D eigenvalue weighted by Crippen LogP contribution is -2.33. The minimum Gasteiger partial charge on any atom is -0.387 e. The van der Waals surface area contributed by atoms with E-state index in [9.17, 15) is 15.0 Å². The fourth-order valence-corrected chi connectivity index (χ4v) is 2.49. The van der Waals surface area contributed by atoms with Crippen molar-refractivity contribution in [3.05, 3.63) is 29.3 Å². The summed E-state index contributed by atoms with van der Waals surface area (Å²) in [7, 11) is 0. The van der Waals surface area contributed by atoms with Crippen LogP contribution >= 0.6 is 0 Å². The van der Waals surface area contributed by atoms with E-state index in [0.29, 0.717) is 6.61 Å². The Morgan fingerprint density at radius 2 is 2.30 bits per heavy atom. The third-order valence-corrected chi connectivity index (χ3v) is 3.58. The molecule has 4 atom stereocenters. The first-order chi connectivity index (χ1) is 11.0. The van der Waals surface area contributed by atoms with Crippen LogP contribution in [0.4, 0.5) is 5.95 Å². The van der Waals surface area contributed by atoms with Gasteiger partial charge in [0.05, 0.1) is 19.5 Å². The van der Waals surface area contributed by atoms with Gasteiger partial charge in [-0.15, -0.1) is 6.58 Å². The summed E-state index contributed by atoms with van der Waals surface area (Å²) in [4.78, 5) is 22.1. The summed E-state index contributed by atoms with van der Waals surface area (Å²) in [6.07, 6.45) is -1.20. The minimum atomic E-state index is -1.23. The fraction of sp³-hybridized carbons (Fsp3) is 0.462. The molecule has 1 aliphatic heterocycles. The smallest absolute Gasteiger partial charge is 0.280 e. The number of fused-ring (bicyclic) bond motifs is 1. The molecule has 23 heavy (non-hydrogen) atoms. The van der Waals surface area contributed by atoms with Gasteiger partial charge in [0.2, 0.25) is 5.95 Å². The van der Waals surface area contributed by atoms with Crippen molar-refractivity contribution in [2.24, 2.45) is 0 Å². The molecular weight excluding hydrogens is 306 g/mol. The quantitative estimate of drug-likeness (QED) is 0.385. The summed E-state index contributed by atoms with van der Waals surface area (Å²) >= 11 is 0. The van der Waals surface area contributed by atoms with Crippen LogP contribution < -0.4 is 11.3 Å². The van der Waals surface area contributed by atoms with Crippen molar-refractivity contribution in [2.45, 2.75) is 24.5 Å². The number of nitrogens with zero attached hydrogens (tertiary/aromatic N) is 3. The molecule has 1 aliphatic rings. The molecule has 3 heterocycles. The fourth-order valence-electron chi connectivity index (χ4n) is 2.49. The van der Waals surface area contributed by atoms with E-state index >= 15 is 0 Å². The first-order valence-electron chi connectivity index (χ1n) is 6.95. The SMILES string of the molecule is C=CCOC[C@H]1O[C@@H](n2cnc3c(=O)[nH]c(N)nc32)[C@H](O)[C@@H]1O. The zero-order chi connectivity index (χ0) is 16.6. The number of aromatic nitrogens is 4. The standard InChI is InChI=1S/C13H17N5O5/c1-2-3-22-4-6-8(19)9(20)12(23-6)18-5-15-7-10(18)16-13(14)17-11(7)21/h2,5-6,8-9,12,19-20H,1,3-4H2,(H3,14,16,17,21)/t6-,8-,9-,12-/m1/s1. The van der Waals surface area contributed by atoms with E-state index in [2.05, 4.69) is 21.5 Å². The predicted octanol–water partition coefficient (Wildman–Crippen LogP) is -1.48. The van der Waals surface area contributed by atoms with Gasteiger partial charge in [-0.05, 0) is 0 Å². The van der Waals surface area contributed by atoms with Crippen LogP contribution in [0.5, 0.6) is 0 Å². The lowest BCUT2D eigenvalue weighted by molar-refractivity contribution is -0.0620. The summed E-state index contributed by atoms with van der Waals surface area (Å²) in [5, 5.41) is 20.3. The molecule has 10 heteroatoms. The van der Waals surface area contributed by atoms with Gasteiger partial charge in [0.1, 0.15) is 18.3 Å². The average Bonchev–Trinajstić information content (AvgIpc) is 3.04. The van der Waals surface area contributed by atoms with Gasteiger partial charge in [0.15, 0.2) is 17.4 Å². The van der Waals surface area contributed by atoms with Gasteiger partial charge in [-0.25, -0.2) is 4.98 Å². The van der Waals surface area contributed by atoms with Gasteiger partial charge in [-0.1, -0.05) is 6.08 Å². The Labute approximate surface area is 130 Å². The molecule has 0 unspecified atom stereocenters. The zero-order valence-electron chi connectivity index (χ0n) is 12.1. The van der Waals surface area contributed by atoms with Crippen LogP contribution in [-0.4, -0.2) is 61.3 Å². The number of nitrogen functional groups attached to an aromatic ring is 1. The summed E-state index contributed by atoms with van der Waals surface area (Å²) < 4.78 is 12.2. The Morgan fingerprint density at radius 3 is 3.04 bits per heavy atom. The highest BCUT2D eigenvalue weighted by Gasteiger charge is 2.44. The molecule has 124 valence electrons. The molecule has 0 saturated carbocycles. The second-order valence-electron chi connectivity index (χ2n) is 5.15. The Kier molecular flexibility index (Phi) is 4.13. The van der Waals surface area contributed by atoms with E-state index in [0.717, 1.165) is 0 Å². The summed E-state index contributed by atoms with van der Waals surface area (Å²) in [5.41, 5.74) is 5.26. The van der Waals surface area contributed by atoms with Gasteiger partial charge >= 0.3 is 0 Å². The van der Waals surface area contributed by atoms with E-state index in [1.54, 1.807) is 6.08 Å². The lowest BCUT2D eigenvalue weighted by atomic mass is 10.1. The number of imidazole rings is 1. The Balaban J connectivity index is 1.90. The number of anilines is 1. The number of hydrogen-bond donors (Lipinski definition) is 4. The van der Waals surface area contributed by atoms with Crippen molar-refractivity contribution < 1.29 is 19.7 Å². The molecule has 0 aliphatic carbocycles. The number of ether oxygens (including phenoxy) is 2. The van der Waals surface area contributed by atoms with Crippen LogP contribution in [0.15, 0.2) is 23.8 Å². The zero-order valence-corrected chi connectivity index (χ0v) is 12.1. The first kappa shape index (κ1) is 15.6. The normalized spacial score (nSPS) is 27.6. The number of aliphatic hydroxyl groups is 2. The van der Waals surface area contributed by atoms with E-state index in [-0.39, 0.29) is 23.7 Å². The minimum absolute atomic E-state index is 0.0656. The molecule has 3 rings (SSSR count). The van der Waals surface area contributed by atoms with Crippen molar-refractivity contribution in [1.82, 2.24) is 19.5 Å². The topological polar surface area (TPSA) is 149 Å². The molecule has 0 radical (unpaired) electrons. The molecule has 5 N–H and O–H groups in total. The van der Waals surface area contributed by atoms with Crippen LogP contribution in [0.3, 0.4) is 0 Å². The van der Waals surface area contributed by atoms with E-state index in [1.807, 2.05) is 0 Å². The van der Waals surface area contributed by atoms with Gasteiger partial charge < -0.3 is 25.4 Å². The average molecular weight is 323 g/mol. The molecule has 1 fully saturated rings. The maximum atomic E-state index is 11.8. The Morgan fingerprint density at radius 1 is 1.52 bits per heavy atom. The second-order valence-corrected chi connectivity index (χ2v) is 5.15. The van der Waals surface area contributed by atoms with Gasteiger partial charge in [0.25, 0.3) is 5.56 Å². The maximum Gasteiger partial charge on any atom is 0.280 e. The lowest BCUT2D eigenvalue weighted by Gasteiger charge is -2.16. The molecule has 0 aromatic carbocycles. The Hall–Kier alpha value is -2.27. The molecule has 0 bridgehead atoms. The highest BCUT2D eigenvalue weighted by molar-refractivity contribution is 5.70. The molecule has 0 spiro atoms. The third-order valence-electron chi connectivity index (χ3n) is 3.58. The number of aliphatic hydroxyl groups excluding tert-OH is 2. The molecule has 2 aromatic heterocycles. The number of H-pyrrole nitrogens is 1. The number of nitrogens with two attached hydrogens (primary N) is 1. The van der Waals surface area contributed by atoms with Crippen molar-refractivity contribution in [2.75, 3.05) is 18.9 Å². The van der Waals surface area contributed by atoms with Crippen LogP contribution in [-0.2, 0) is 9.47 Å². The predicted molar refractivity (Wildman–Crippen MR) is 79.5 cm³/mol. The molecule has 10 nitrogen and oxygen atoms in total. The number of rotatable bonds is 5.